The van der Waals surface area contributed by atoms with Gasteiger partial charge in [-0.2, -0.15) is 0 Å². The minimum Gasteiger partial charge on any atom is -0.464 e. The van der Waals surface area contributed by atoms with Gasteiger partial charge in [-0.15, -0.1) is 0 Å². The molecule has 0 spiro atoms. The van der Waals surface area contributed by atoms with Gasteiger partial charge in [-0.3, -0.25) is 9.78 Å². The third kappa shape index (κ3) is 5.60. The summed E-state index contributed by atoms with van der Waals surface area (Å²) in [6.45, 7) is 3.43. The average molecular weight is 294 g/mol. The number of ether oxygens (including phenoxy) is 2. The predicted molar refractivity (Wildman–Crippen MR) is 73.1 cm³/mol. The van der Waals surface area contributed by atoms with Crippen molar-refractivity contribution in [1.29, 1.82) is 0 Å². The van der Waals surface area contributed by atoms with Crippen molar-refractivity contribution in [1.82, 2.24) is 10.3 Å². The van der Waals surface area contributed by atoms with Gasteiger partial charge in [0.05, 0.1) is 19.6 Å². The van der Waals surface area contributed by atoms with Crippen LogP contribution in [0.1, 0.15) is 19.4 Å². The first-order valence-corrected chi connectivity index (χ1v) is 6.60. The van der Waals surface area contributed by atoms with E-state index in [1.807, 2.05) is 0 Å². The van der Waals surface area contributed by atoms with Crippen molar-refractivity contribution < 1.29 is 23.9 Å². The van der Waals surface area contributed by atoms with Crippen LogP contribution in [0.5, 0.6) is 0 Å². The zero-order valence-corrected chi connectivity index (χ0v) is 12.0. The molecular formula is C14H18N2O5. The number of esters is 2. The number of aromatic nitrogens is 1. The molecule has 21 heavy (non-hydrogen) atoms. The van der Waals surface area contributed by atoms with E-state index in [-0.39, 0.29) is 19.6 Å². The molecule has 7 nitrogen and oxygen atoms in total. The van der Waals surface area contributed by atoms with Crippen LogP contribution in [-0.2, 0) is 30.3 Å². The topological polar surface area (TPSA) is 94.6 Å². The molecule has 114 valence electrons. The van der Waals surface area contributed by atoms with Crippen LogP contribution in [0.15, 0.2) is 24.5 Å². The van der Waals surface area contributed by atoms with E-state index in [1.165, 1.54) is 6.20 Å². The van der Waals surface area contributed by atoms with Gasteiger partial charge in [0.15, 0.2) is 0 Å². The third-order valence-electron chi connectivity index (χ3n) is 2.44. The van der Waals surface area contributed by atoms with Crippen molar-refractivity contribution in [2.75, 3.05) is 13.2 Å². The Balaban J connectivity index is 2.69. The molecule has 0 saturated heterocycles. The second-order valence-electron chi connectivity index (χ2n) is 4.04. The van der Waals surface area contributed by atoms with E-state index < -0.39 is 23.9 Å². The number of nitrogens with one attached hydrogen (secondary N) is 1. The largest absolute Gasteiger partial charge is 0.464 e. The number of rotatable bonds is 7. The van der Waals surface area contributed by atoms with Crippen molar-refractivity contribution in [2.24, 2.45) is 0 Å². The fraction of sp³-hybridized carbons (Fsp3) is 0.429. The van der Waals surface area contributed by atoms with Gasteiger partial charge in [0, 0.05) is 12.4 Å². The lowest BCUT2D eigenvalue weighted by Crippen LogP contribution is -2.48. The standard InChI is InChI=1S/C14H18N2O5/c1-3-20-13(18)12(14(19)21-4-2)16-11(17)8-10-6-5-7-15-9-10/h5-7,9,12H,3-4,8H2,1-2H3,(H,16,17). The van der Waals surface area contributed by atoms with Crippen molar-refractivity contribution in [2.45, 2.75) is 26.3 Å². The molecule has 0 saturated carbocycles. The lowest BCUT2D eigenvalue weighted by atomic mass is 10.2. The third-order valence-corrected chi connectivity index (χ3v) is 2.44. The van der Waals surface area contributed by atoms with Gasteiger partial charge >= 0.3 is 11.9 Å². The van der Waals surface area contributed by atoms with Crippen LogP contribution in [0, 0.1) is 0 Å². The van der Waals surface area contributed by atoms with E-state index in [9.17, 15) is 14.4 Å². The average Bonchev–Trinajstić information content (AvgIpc) is 2.46. The van der Waals surface area contributed by atoms with Crippen molar-refractivity contribution in [3.05, 3.63) is 30.1 Å². The first kappa shape index (κ1) is 16.6. The highest BCUT2D eigenvalue weighted by Gasteiger charge is 2.31. The van der Waals surface area contributed by atoms with Gasteiger partial charge in [0.25, 0.3) is 0 Å². The van der Waals surface area contributed by atoms with Crippen molar-refractivity contribution in [3.8, 4) is 0 Å². The molecule has 1 aromatic rings. The van der Waals surface area contributed by atoms with E-state index in [4.69, 9.17) is 9.47 Å². The fourth-order valence-corrected chi connectivity index (χ4v) is 1.57. The van der Waals surface area contributed by atoms with Crippen LogP contribution >= 0.6 is 0 Å². The number of amides is 1. The summed E-state index contributed by atoms with van der Waals surface area (Å²) in [4.78, 5) is 39.2. The first-order chi connectivity index (χ1) is 10.1. The second-order valence-corrected chi connectivity index (χ2v) is 4.04. The second kappa shape index (κ2) is 8.68. The number of nitrogens with zero attached hydrogens (tertiary/aromatic N) is 1. The first-order valence-electron chi connectivity index (χ1n) is 6.60. The highest BCUT2D eigenvalue weighted by Crippen LogP contribution is 1.99. The summed E-state index contributed by atoms with van der Waals surface area (Å²) in [5.74, 6) is -2.17. The molecule has 0 unspecified atom stereocenters. The molecule has 0 aromatic carbocycles. The lowest BCUT2D eigenvalue weighted by Gasteiger charge is -2.15. The normalized spacial score (nSPS) is 10.0. The fourth-order valence-electron chi connectivity index (χ4n) is 1.57. The molecule has 1 aromatic heterocycles. The van der Waals surface area contributed by atoms with E-state index >= 15 is 0 Å². The maximum absolute atomic E-state index is 11.9. The number of pyridine rings is 1. The summed E-state index contributed by atoms with van der Waals surface area (Å²) in [5, 5.41) is 2.32. The Labute approximate surface area is 122 Å². The highest BCUT2D eigenvalue weighted by atomic mass is 16.6. The molecule has 1 rings (SSSR count). The molecule has 0 atom stereocenters. The lowest BCUT2D eigenvalue weighted by molar-refractivity contribution is -0.159. The molecule has 0 fully saturated rings. The summed E-state index contributed by atoms with van der Waals surface area (Å²) in [7, 11) is 0. The number of carbonyl (C=O) groups is 3. The van der Waals surface area contributed by atoms with Crippen LogP contribution in [0.3, 0.4) is 0 Å². The van der Waals surface area contributed by atoms with Crippen LogP contribution in [-0.4, -0.2) is 42.1 Å². The van der Waals surface area contributed by atoms with Crippen LogP contribution in [0.4, 0.5) is 0 Å². The minimum absolute atomic E-state index is 0.00313. The monoisotopic (exact) mass is 294 g/mol. The summed E-state index contributed by atoms with van der Waals surface area (Å²) >= 11 is 0. The molecule has 1 N–H and O–H groups in total. The van der Waals surface area contributed by atoms with Crippen molar-refractivity contribution >= 4 is 17.8 Å². The Bertz CT molecular complexity index is 471. The molecule has 0 aliphatic heterocycles. The zero-order valence-electron chi connectivity index (χ0n) is 12.0. The van der Waals surface area contributed by atoms with E-state index in [2.05, 4.69) is 10.3 Å². The van der Waals surface area contributed by atoms with Crippen LogP contribution < -0.4 is 5.32 Å². The molecule has 0 bridgehead atoms. The quantitative estimate of drug-likeness (QED) is 0.571. The molecule has 7 heteroatoms. The summed E-state index contributed by atoms with van der Waals surface area (Å²) in [5.41, 5.74) is 0.668. The highest BCUT2D eigenvalue weighted by molar-refractivity contribution is 6.02. The molecule has 0 aliphatic rings. The van der Waals surface area contributed by atoms with Crippen molar-refractivity contribution in [3.63, 3.8) is 0 Å². The van der Waals surface area contributed by atoms with E-state index in [0.29, 0.717) is 5.56 Å². The Kier molecular flexibility index (Phi) is 6.86. The predicted octanol–water partition coefficient (Wildman–Crippen LogP) is 0.235. The van der Waals surface area contributed by atoms with Gasteiger partial charge in [-0.1, -0.05) is 6.07 Å². The van der Waals surface area contributed by atoms with Gasteiger partial charge in [0.1, 0.15) is 0 Å². The number of hydrogen-bond donors (Lipinski definition) is 1. The Hall–Kier alpha value is -2.44. The van der Waals surface area contributed by atoms with Gasteiger partial charge in [-0.05, 0) is 25.5 Å². The molecule has 1 heterocycles. The van der Waals surface area contributed by atoms with Gasteiger partial charge in [-0.25, -0.2) is 9.59 Å². The Morgan fingerprint density at radius 3 is 2.29 bits per heavy atom. The van der Waals surface area contributed by atoms with Gasteiger partial charge in [0.2, 0.25) is 11.9 Å². The van der Waals surface area contributed by atoms with Crippen LogP contribution in [0.2, 0.25) is 0 Å². The molecular weight excluding hydrogens is 276 g/mol. The van der Waals surface area contributed by atoms with Crippen LogP contribution in [0.25, 0.3) is 0 Å². The Morgan fingerprint density at radius 2 is 1.81 bits per heavy atom. The molecule has 0 radical (unpaired) electrons. The summed E-state index contributed by atoms with van der Waals surface area (Å²) < 4.78 is 9.51. The number of hydrogen-bond acceptors (Lipinski definition) is 6. The molecule has 0 aliphatic carbocycles. The van der Waals surface area contributed by atoms with Gasteiger partial charge < -0.3 is 14.8 Å². The SMILES string of the molecule is CCOC(=O)C(NC(=O)Cc1cccnc1)C(=O)OCC. The maximum atomic E-state index is 11.9. The van der Waals surface area contributed by atoms with E-state index in [1.54, 1.807) is 32.2 Å². The zero-order chi connectivity index (χ0) is 15.7. The van der Waals surface area contributed by atoms with E-state index in [0.717, 1.165) is 0 Å². The maximum Gasteiger partial charge on any atom is 0.340 e. The minimum atomic E-state index is -1.45. The summed E-state index contributed by atoms with van der Waals surface area (Å²) in [6.07, 6.45) is 3.12. The number of carbonyl (C=O) groups excluding carboxylic acids is 3. The smallest absolute Gasteiger partial charge is 0.340 e. The molecule has 1 amide bonds. The Morgan fingerprint density at radius 1 is 1.19 bits per heavy atom. The summed E-state index contributed by atoms with van der Waals surface area (Å²) in [6, 6.07) is 1.96.